The highest BCUT2D eigenvalue weighted by Gasteiger charge is 1.88. The summed E-state index contributed by atoms with van der Waals surface area (Å²) in [5, 5.41) is 8.71. The van der Waals surface area contributed by atoms with E-state index in [0.29, 0.717) is 0 Å². The molecule has 0 aliphatic carbocycles. The van der Waals surface area contributed by atoms with Crippen molar-refractivity contribution in [2.75, 3.05) is 6.61 Å². The molecule has 12 heavy (non-hydrogen) atoms. The van der Waals surface area contributed by atoms with E-state index in [-0.39, 0.29) is 6.61 Å². The lowest BCUT2D eigenvalue weighted by atomic mass is 10.1. The van der Waals surface area contributed by atoms with Gasteiger partial charge in [0.1, 0.15) is 0 Å². The second-order valence-corrected chi connectivity index (χ2v) is 3.41. The Labute approximate surface area is 76.5 Å². The SMILES string of the molecule is CCCCCCC/C=C(\C)CO. The second kappa shape index (κ2) is 8.79. The average molecular weight is 170 g/mol. The van der Waals surface area contributed by atoms with E-state index >= 15 is 0 Å². The fourth-order valence-electron chi connectivity index (χ4n) is 1.16. The molecule has 0 aliphatic rings. The Balaban J connectivity index is 3.10. The smallest absolute Gasteiger partial charge is 0.0639 e. The highest BCUT2D eigenvalue weighted by Crippen LogP contribution is 2.06. The molecule has 0 rings (SSSR count). The van der Waals surface area contributed by atoms with Gasteiger partial charge in [-0.3, -0.25) is 0 Å². The van der Waals surface area contributed by atoms with Gasteiger partial charge >= 0.3 is 0 Å². The number of aliphatic hydroxyl groups is 1. The molecule has 1 nitrogen and oxygen atoms in total. The van der Waals surface area contributed by atoms with Crippen molar-refractivity contribution >= 4 is 0 Å². The molecule has 0 heterocycles. The first-order valence-corrected chi connectivity index (χ1v) is 5.07. The van der Waals surface area contributed by atoms with Gasteiger partial charge in [0, 0.05) is 0 Å². The molecule has 0 bridgehead atoms. The van der Waals surface area contributed by atoms with Crippen LogP contribution >= 0.6 is 0 Å². The predicted molar refractivity (Wildman–Crippen MR) is 54.2 cm³/mol. The zero-order chi connectivity index (χ0) is 9.23. The maximum Gasteiger partial charge on any atom is 0.0639 e. The molecular formula is C11H22O. The van der Waals surface area contributed by atoms with Crippen LogP contribution in [-0.4, -0.2) is 11.7 Å². The number of rotatable bonds is 7. The predicted octanol–water partition coefficient (Wildman–Crippen LogP) is 3.29. The van der Waals surface area contributed by atoms with Crippen LogP contribution < -0.4 is 0 Å². The summed E-state index contributed by atoms with van der Waals surface area (Å²) in [5.74, 6) is 0. The second-order valence-electron chi connectivity index (χ2n) is 3.41. The molecule has 0 fully saturated rings. The minimum absolute atomic E-state index is 0.217. The molecule has 0 aromatic rings. The number of allylic oxidation sites excluding steroid dienone is 1. The zero-order valence-electron chi connectivity index (χ0n) is 8.47. The van der Waals surface area contributed by atoms with Crippen molar-refractivity contribution in [1.82, 2.24) is 0 Å². The third-order valence-corrected chi connectivity index (χ3v) is 2.05. The summed E-state index contributed by atoms with van der Waals surface area (Å²) in [7, 11) is 0. The van der Waals surface area contributed by atoms with Crippen molar-refractivity contribution in [1.29, 1.82) is 0 Å². The molecule has 0 aromatic carbocycles. The van der Waals surface area contributed by atoms with Gasteiger partial charge in [0.05, 0.1) is 6.61 Å². The largest absolute Gasteiger partial charge is 0.392 e. The molecule has 0 atom stereocenters. The molecule has 0 amide bonds. The molecule has 72 valence electrons. The number of hydrogen-bond donors (Lipinski definition) is 1. The van der Waals surface area contributed by atoms with Gasteiger partial charge in [-0.2, -0.15) is 0 Å². The van der Waals surface area contributed by atoms with Gasteiger partial charge < -0.3 is 5.11 Å². The molecule has 0 aromatic heterocycles. The lowest BCUT2D eigenvalue weighted by Gasteiger charge is -1.97. The van der Waals surface area contributed by atoms with Crippen molar-refractivity contribution in [3.63, 3.8) is 0 Å². The Kier molecular flexibility index (Phi) is 8.57. The summed E-state index contributed by atoms with van der Waals surface area (Å²) in [6.45, 7) is 4.43. The van der Waals surface area contributed by atoms with Crippen molar-refractivity contribution in [2.45, 2.75) is 52.4 Å². The molecule has 0 saturated carbocycles. The molecule has 0 radical (unpaired) electrons. The van der Waals surface area contributed by atoms with Crippen LogP contribution in [0.15, 0.2) is 11.6 Å². The summed E-state index contributed by atoms with van der Waals surface area (Å²) in [5.41, 5.74) is 1.10. The van der Waals surface area contributed by atoms with Gasteiger partial charge in [-0.1, -0.05) is 44.3 Å². The van der Waals surface area contributed by atoms with E-state index in [1.165, 1.54) is 32.1 Å². The van der Waals surface area contributed by atoms with Crippen LogP contribution in [-0.2, 0) is 0 Å². The number of unbranched alkanes of at least 4 members (excludes halogenated alkanes) is 5. The lowest BCUT2D eigenvalue weighted by Crippen LogP contribution is -1.83. The minimum atomic E-state index is 0.217. The van der Waals surface area contributed by atoms with Crippen LogP contribution in [0.4, 0.5) is 0 Å². The first kappa shape index (κ1) is 11.7. The van der Waals surface area contributed by atoms with Gasteiger partial charge in [-0.05, 0) is 19.8 Å². The van der Waals surface area contributed by atoms with Crippen LogP contribution in [0.2, 0.25) is 0 Å². The lowest BCUT2D eigenvalue weighted by molar-refractivity contribution is 0.331. The first-order valence-electron chi connectivity index (χ1n) is 5.07. The molecule has 1 heteroatoms. The first-order chi connectivity index (χ1) is 5.81. The Morgan fingerprint density at radius 3 is 2.42 bits per heavy atom. The van der Waals surface area contributed by atoms with E-state index in [0.717, 1.165) is 12.0 Å². The van der Waals surface area contributed by atoms with Crippen LogP contribution in [0.5, 0.6) is 0 Å². The van der Waals surface area contributed by atoms with E-state index in [1.807, 2.05) is 6.92 Å². The van der Waals surface area contributed by atoms with E-state index in [4.69, 9.17) is 5.11 Å². The van der Waals surface area contributed by atoms with Crippen molar-refractivity contribution in [3.05, 3.63) is 11.6 Å². The Hall–Kier alpha value is -0.300. The highest BCUT2D eigenvalue weighted by molar-refractivity contribution is 4.97. The summed E-state index contributed by atoms with van der Waals surface area (Å²) in [6, 6.07) is 0. The van der Waals surface area contributed by atoms with Crippen molar-refractivity contribution < 1.29 is 5.11 Å². The highest BCUT2D eigenvalue weighted by atomic mass is 16.3. The summed E-state index contributed by atoms with van der Waals surface area (Å²) < 4.78 is 0. The van der Waals surface area contributed by atoms with E-state index in [9.17, 15) is 0 Å². The monoisotopic (exact) mass is 170 g/mol. The average Bonchev–Trinajstić information content (AvgIpc) is 2.10. The van der Waals surface area contributed by atoms with Gasteiger partial charge in [-0.25, -0.2) is 0 Å². The maximum absolute atomic E-state index is 8.71. The van der Waals surface area contributed by atoms with Crippen molar-refractivity contribution in [2.24, 2.45) is 0 Å². The summed E-state index contributed by atoms with van der Waals surface area (Å²) in [6.07, 6.45) is 9.93. The molecule has 0 spiro atoms. The van der Waals surface area contributed by atoms with Gasteiger partial charge in [0.15, 0.2) is 0 Å². The van der Waals surface area contributed by atoms with E-state index in [2.05, 4.69) is 13.0 Å². The molecule has 0 saturated heterocycles. The minimum Gasteiger partial charge on any atom is -0.392 e. The zero-order valence-corrected chi connectivity index (χ0v) is 8.47. The van der Waals surface area contributed by atoms with Gasteiger partial charge in [0.25, 0.3) is 0 Å². The molecular weight excluding hydrogens is 148 g/mol. The number of aliphatic hydroxyl groups excluding tert-OH is 1. The molecule has 1 N–H and O–H groups in total. The Bertz CT molecular complexity index is 116. The topological polar surface area (TPSA) is 20.2 Å². The summed E-state index contributed by atoms with van der Waals surface area (Å²) >= 11 is 0. The van der Waals surface area contributed by atoms with Crippen LogP contribution in [0.1, 0.15) is 52.4 Å². The normalized spacial score (nSPS) is 12.1. The van der Waals surface area contributed by atoms with E-state index < -0.39 is 0 Å². The Morgan fingerprint density at radius 2 is 1.83 bits per heavy atom. The van der Waals surface area contributed by atoms with Crippen LogP contribution in [0.25, 0.3) is 0 Å². The van der Waals surface area contributed by atoms with Gasteiger partial charge in [-0.15, -0.1) is 0 Å². The third kappa shape index (κ3) is 7.80. The van der Waals surface area contributed by atoms with Crippen molar-refractivity contribution in [3.8, 4) is 0 Å². The van der Waals surface area contributed by atoms with E-state index in [1.54, 1.807) is 0 Å². The Morgan fingerprint density at radius 1 is 1.17 bits per heavy atom. The van der Waals surface area contributed by atoms with Gasteiger partial charge in [0.2, 0.25) is 0 Å². The fourth-order valence-corrected chi connectivity index (χ4v) is 1.16. The standard InChI is InChI=1S/C11H22O/c1-3-4-5-6-7-8-9-11(2)10-12/h9,12H,3-8,10H2,1-2H3/b11-9+. The molecule has 0 unspecified atom stereocenters. The quantitative estimate of drug-likeness (QED) is 0.459. The fraction of sp³-hybridized carbons (Fsp3) is 0.818. The summed E-state index contributed by atoms with van der Waals surface area (Å²) in [4.78, 5) is 0. The van der Waals surface area contributed by atoms with Crippen LogP contribution in [0, 0.1) is 0 Å². The maximum atomic E-state index is 8.71. The molecule has 0 aliphatic heterocycles. The third-order valence-electron chi connectivity index (χ3n) is 2.05. The van der Waals surface area contributed by atoms with Crippen LogP contribution in [0.3, 0.4) is 0 Å². The number of hydrogen-bond acceptors (Lipinski definition) is 1.